The maximum atomic E-state index is 11.7. The van der Waals surface area contributed by atoms with Gasteiger partial charge in [-0.3, -0.25) is 0 Å². The summed E-state index contributed by atoms with van der Waals surface area (Å²) >= 11 is 0. The molecule has 0 aliphatic heterocycles. The molecule has 21 heavy (non-hydrogen) atoms. The van der Waals surface area contributed by atoms with Gasteiger partial charge < -0.3 is 15.4 Å². The average Bonchev–Trinajstić information content (AvgIpc) is 2.53. The van der Waals surface area contributed by atoms with E-state index in [4.69, 9.17) is 4.74 Å². The summed E-state index contributed by atoms with van der Waals surface area (Å²) in [6, 6.07) is 17.3. The molecular formula is C17H20N2O2. The standard InChI is InChI=1S/C17H20N2O2/c1-2-21-16-10-8-15(9-11-16)13-19-17(20)18-12-14-6-4-3-5-7-14/h3-11H,2,12-13H2,1H3,(H2,18,19,20). The van der Waals surface area contributed by atoms with Gasteiger partial charge in [0, 0.05) is 13.1 Å². The molecule has 4 heteroatoms. The van der Waals surface area contributed by atoms with Gasteiger partial charge in [-0.15, -0.1) is 0 Å². The maximum absolute atomic E-state index is 11.7. The molecule has 0 aromatic heterocycles. The van der Waals surface area contributed by atoms with Crippen LogP contribution in [0.5, 0.6) is 5.75 Å². The Morgan fingerprint density at radius 3 is 2.05 bits per heavy atom. The van der Waals surface area contributed by atoms with E-state index in [-0.39, 0.29) is 6.03 Å². The Morgan fingerprint density at radius 2 is 1.48 bits per heavy atom. The first-order valence-corrected chi connectivity index (χ1v) is 7.05. The monoisotopic (exact) mass is 284 g/mol. The summed E-state index contributed by atoms with van der Waals surface area (Å²) in [6.07, 6.45) is 0. The molecule has 2 amide bonds. The number of nitrogens with one attached hydrogen (secondary N) is 2. The predicted octanol–water partition coefficient (Wildman–Crippen LogP) is 3.08. The van der Waals surface area contributed by atoms with E-state index in [1.54, 1.807) is 0 Å². The van der Waals surface area contributed by atoms with Crippen LogP contribution >= 0.6 is 0 Å². The summed E-state index contributed by atoms with van der Waals surface area (Å²) in [5.41, 5.74) is 2.11. The van der Waals surface area contributed by atoms with Crippen LogP contribution < -0.4 is 15.4 Å². The van der Waals surface area contributed by atoms with E-state index in [0.29, 0.717) is 19.7 Å². The molecule has 0 unspecified atom stereocenters. The van der Waals surface area contributed by atoms with Crippen molar-refractivity contribution in [1.82, 2.24) is 10.6 Å². The zero-order valence-electron chi connectivity index (χ0n) is 12.1. The van der Waals surface area contributed by atoms with Crippen LogP contribution in [0.15, 0.2) is 54.6 Å². The van der Waals surface area contributed by atoms with Gasteiger partial charge in [-0.1, -0.05) is 42.5 Å². The number of carbonyl (C=O) groups is 1. The second kappa shape index (κ2) is 7.94. The third kappa shape index (κ3) is 5.18. The van der Waals surface area contributed by atoms with E-state index in [0.717, 1.165) is 16.9 Å². The van der Waals surface area contributed by atoms with E-state index in [9.17, 15) is 4.79 Å². The maximum Gasteiger partial charge on any atom is 0.315 e. The van der Waals surface area contributed by atoms with Crippen molar-refractivity contribution in [3.63, 3.8) is 0 Å². The summed E-state index contributed by atoms with van der Waals surface area (Å²) in [4.78, 5) is 11.7. The molecule has 0 spiro atoms. The van der Waals surface area contributed by atoms with Crippen LogP contribution in [0.3, 0.4) is 0 Å². The molecule has 0 aliphatic rings. The second-order valence-electron chi connectivity index (χ2n) is 4.60. The fourth-order valence-corrected chi connectivity index (χ4v) is 1.89. The van der Waals surface area contributed by atoms with Crippen molar-refractivity contribution in [3.05, 3.63) is 65.7 Å². The van der Waals surface area contributed by atoms with Gasteiger partial charge in [-0.25, -0.2) is 4.79 Å². The highest BCUT2D eigenvalue weighted by Crippen LogP contribution is 2.11. The lowest BCUT2D eigenvalue weighted by Crippen LogP contribution is -2.34. The molecule has 0 atom stereocenters. The fourth-order valence-electron chi connectivity index (χ4n) is 1.89. The highest BCUT2D eigenvalue weighted by Gasteiger charge is 2.01. The fraction of sp³-hybridized carbons (Fsp3) is 0.235. The second-order valence-corrected chi connectivity index (χ2v) is 4.60. The lowest BCUT2D eigenvalue weighted by Gasteiger charge is -2.08. The van der Waals surface area contributed by atoms with E-state index in [1.165, 1.54) is 0 Å². The first-order chi connectivity index (χ1) is 10.3. The minimum atomic E-state index is -0.173. The minimum Gasteiger partial charge on any atom is -0.494 e. The van der Waals surface area contributed by atoms with Gasteiger partial charge in [0.1, 0.15) is 5.75 Å². The van der Waals surface area contributed by atoms with Gasteiger partial charge in [-0.2, -0.15) is 0 Å². The molecule has 2 rings (SSSR count). The van der Waals surface area contributed by atoms with Crippen LogP contribution in [0.4, 0.5) is 4.79 Å². The predicted molar refractivity (Wildman–Crippen MR) is 83.1 cm³/mol. The number of hydrogen-bond acceptors (Lipinski definition) is 2. The highest BCUT2D eigenvalue weighted by molar-refractivity contribution is 5.73. The van der Waals surface area contributed by atoms with Crippen molar-refractivity contribution >= 4 is 6.03 Å². The molecule has 2 N–H and O–H groups in total. The molecule has 0 saturated carbocycles. The molecule has 2 aromatic carbocycles. The molecule has 2 aromatic rings. The lowest BCUT2D eigenvalue weighted by atomic mass is 10.2. The van der Waals surface area contributed by atoms with Gasteiger partial charge in [0.05, 0.1) is 6.61 Å². The molecule has 0 bridgehead atoms. The quantitative estimate of drug-likeness (QED) is 0.856. The van der Waals surface area contributed by atoms with Crippen LogP contribution in [-0.2, 0) is 13.1 Å². The Morgan fingerprint density at radius 1 is 0.905 bits per heavy atom. The Kier molecular flexibility index (Phi) is 5.64. The van der Waals surface area contributed by atoms with E-state index in [2.05, 4.69) is 10.6 Å². The largest absolute Gasteiger partial charge is 0.494 e. The van der Waals surface area contributed by atoms with Gasteiger partial charge in [-0.05, 0) is 30.2 Å². The Hall–Kier alpha value is -2.49. The van der Waals surface area contributed by atoms with Crippen LogP contribution in [0, 0.1) is 0 Å². The molecule has 0 fully saturated rings. The van der Waals surface area contributed by atoms with Crippen LogP contribution in [-0.4, -0.2) is 12.6 Å². The van der Waals surface area contributed by atoms with Crippen LogP contribution in [0.25, 0.3) is 0 Å². The first-order valence-electron chi connectivity index (χ1n) is 7.05. The number of ether oxygens (including phenoxy) is 1. The molecule has 110 valence electrons. The molecule has 0 saturated heterocycles. The summed E-state index contributed by atoms with van der Waals surface area (Å²) < 4.78 is 5.37. The number of amides is 2. The Balaban J connectivity index is 1.73. The zero-order chi connectivity index (χ0) is 14.9. The van der Waals surface area contributed by atoms with Gasteiger partial charge in [0.15, 0.2) is 0 Å². The number of urea groups is 1. The summed E-state index contributed by atoms with van der Waals surface area (Å²) in [7, 11) is 0. The van der Waals surface area contributed by atoms with E-state index in [1.807, 2.05) is 61.5 Å². The number of benzene rings is 2. The van der Waals surface area contributed by atoms with Crippen molar-refractivity contribution in [1.29, 1.82) is 0 Å². The lowest BCUT2D eigenvalue weighted by molar-refractivity contribution is 0.240. The average molecular weight is 284 g/mol. The SMILES string of the molecule is CCOc1ccc(CNC(=O)NCc2ccccc2)cc1. The van der Waals surface area contributed by atoms with Gasteiger partial charge >= 0.3 is 6.03 Å². The number of rotatable bonds is 6. The molecule has 0 heterocycles. The third-order valence-electron chi connectivity index (χ3n) is 2.98. The highest BCUT2D eigenvalue weighted by atomic mass is 16.5. The van der Waals surface area contributed by atoms with Crippen molar-refractivity contribution in [2.45, 2.75) is 20.0 Å². The van der Waals surface area contributed by atoms with Crippen LogP contribution in [0.1, 0.15) is 18.1 Å². The molecule has 4 nitrogen and oxygen atoms in total. The smallest absolute Gasteiger partial charge is 0.315 e. The van der Waals surface area contributed by atoms with E-state index >= 15 is 0 Å². The molecule has 0 radical (unpaired) electrons. The summed E-state index contributed by atoms with van der Waals surface area (Å²) in [5, 5.41) is 5.66. The topological polar surface area (TPSA) is 50.4 Å². The summed E-state index contributed by atoms with van der Waals surface area (Å²) in [5.74, 6) is 0.842. The Bertz CT molecular complexity index is 553. The molecule has 0 aliphatic carbocycles. The van der Waals surface area contributed by atoms with Crippen molar-refractivity contribution in [2.75, 3.05) is 6.61 Å². The van der Waals surface area contributed by atoms with E-state index < -0.39 is 0 Å². The molecular weight excluding hydrogens is 264 g/mol. The van der Waals surface area contributed by atoms with Crippen LogP contribution in [0.2, 0.25) is 0 Å². The Labute approximate surface area is 125 Å². The van der Waals surface area contributed by atoms with Gasteiger partial charge in [0.2, 0.25) is 0 Å². The number of carbonyl (C=O) groups excluding carboxylic acids is 1. The number of hydrogen-bond donors (Lipinski definition) is 2. The van der Waals surface area contributed by atoms with Crippen molar-refractivity contribution < 1.29 is 9.53 Å². The van der Waals surface area contributed by atoms with Gasteiger partial charge in [0.25, 0.3) is 0 Å². The normalized spacial score (nSPS) is 9.95. The first kappa shape index (κ1) is 14.9. The third-order valence-corrected chi connectivity index (χ3v) is 2.98. The minimum absolute atomic E-state index is 0.173. The van der Waals surface area contributed by atoms with Crippen molar-refractivity contribution in [2.24, 2.45) is 0 Å². The summed E-state index contributed by atoms with van der Waals surface area (Å²) in [6.45, 7) is 3.62. The zero-order valence-corrected chi connectivity index (χ0v) is 12.1. The van der Waals surface area contributed by atoms with Crippen molar-refractivity contribution in [3.8, 4) is 5.75 Å².